The topological polar surface area (TPSA) is 0 Å². The molecule has 0 fully saturated rings. The molecule has 0 N–H and O–H groups in total. The third-order valence-electron chi connectivity index (χ3n) is 2.61. The first-order valence-corrected chi connectivity index (χ1v) is 14.7. The molecule has 16 heavy (non-hydrogen) atoms. The van der Waals surface area contributed by atoms with E-state index < -0.39 is 16.1 Å². The maximum atomic E-state index is 2.53. The first-order chi connectivity index (χ1) is 7.03. The van der Waals surface area contributed by atoms with Crippen LogP contribution in [0.15, 0.2) is 12.1 Å². The lowest BCUT2D eigenvalue weighted by atomic mass is 10.4. The van der Waals surface area contributed by atoms with Crippen molar-refractivity contribution in [2.75, 3.05) is 0 Å². The van der Waals surface area contributed by atoms with Gasteiger partial charge in [-0.3, -0.25) is 0 Å². The van der Waals surface area contributed by atoms with Crippen LogP contribution in [0.5, 0.6) is 0 Å². The predicted molar refractivity (Wildman–Crippen MR) is 97.8 cm³/mol. The van der Waals surface area contributed by atoms with Gasteiger partial charge in [-0.2, -0.15) is 0 Å². The minimum Gasteiger partial charge on any atom is -0.0656 e. The fraction of sp³-hybridized carbons (Fsp3) is 0.500. The standard InChI is InChI=1S/C12H20I2Si2/c1-15(2,3)11-8-9(13)7-10(14)12(11)16(4,5)6/h7-8H,1-6H3. The van der Waals surface area contributed by atoms with Gasteiger partial charge in [0.05, 0.1) is 16.1 Å². The molecule has 0 spiro atoms. The Morgan fingerprint density at radius 1 is 0.812 bits per heavy atom. The van der Waals surface area contributed by atoms with E-state index in [0.29, 0.717) is 0 Å². The minimum atomic E-state index is -1.23. The predicted octanol–water partition coefficient (Wildman–Crippen LogP) is 3.99. The zero-order valence-corrected chi connectivity index (χ0v) is 17.2. The van der Waals surface area contributed by atoms with Crippen LogP contribution >= 0.6 is 45.2 Å². The Bertz CT molecular complexity index is 401. The van der Waals surface area contributed by atoms with Crippen molar-refractivity contribution in [3.05, 3.63) is 19.3 Å². The average molecular weight is 474 g/mol. The molecule has 1 aromatic carbocycles. The number of halogens is 2. The van der Waals surface area contributed by atoms with Gasteiger partial charge in [-0.15, -0.1) is 0 Å². The monoisotopic (exact) mass is 474 g/mol. The van der Waals surface area contributed by atoms with Crippen LogP contribution in [0, 0.1) is 7.14 Å². The molecule has 0 radical (unpaired) electrons. The highest BCUT2D eigenvalue weighted by molar-refractivity contribution is 14.1. The second kappa shape index (κ2) is 5.01. The van der Waals surface area contributed by atoms with Crippen LogP contribution in [0.2, 0.25) is 39.3 Å². The van der Waals surface area contributed by atoms with Crippen LogP contribution in [0.4, 0.5) is 0 Å². The van der Waals surface area contributed by atoms with Crippen LogP contribution in [0.25, 0.3) is 0 Å². The molecule has 0 saturated carbocycles. The highest BCUT2D eigenvalue weighted by Gasteiger charge is 2.29. The average Bonchev–Trinajstić information content (AvgIpc) is 1.97. The van der Waals surface area contributed by atoms with Gasteiger partial charge >= 0.3 is 0 Å². The smallest absolute Gasteiger partial charge is 0.0656 e. The summed E-state index contributed by atoms with van der Waals surface area (Å²) in [4.78, 5) is 0. The number of hydrogen-bond donors (Lipinski definition) is 0. The lowest BCUT2D eigenvalue weighted by molar-refractivity contribution is 1.59. The Labute approximate surface area is 129 Å². The van der Waals surface area contributed by atoms with Crippen molar-refractivity contribution >= 4 is 71.7 Å². The molecule has 0 saturated heterocycles. The highest BCUT2D eigenvalue weighted by Crippen LogP contribution is 2.15. The maximum absolute atomic E-state index is 2.53. The fourth-order valence-corrected chi connectivity index (χ4v) is 12.1. The van der Waals surface area contributed by atoms with E-state index in [4.69, 9.17) is 0 Å². The van der Waals surface area contributed by atoms with Gasteiger partial charge in [-0.1, -0.05) is 44.5 Å². The Morgan fingerprint density at radius 2 is 1.31 bits per heavy atom. The number of benzene rings is 1. The van der Waals surface area contributed by atoms with Crippen molar-refractivity contribution in [2.45, 2.75) is 39.3 Å². The van der Waals surface area contributed by atoms with E-state index in [-0.39, 0.29) is 0 Å². The summed E-state index contributed by atoms with van der Waals surface area (Å²) in [5, 5.41) is 3.38. The van der Waals surface area contributed by atoms with E-state index in [1.807, 2.05) is 0 Å². The second-order valence-electron chi connectivity index (χ2n) is 6.31. The Morgan fingerprint density at radius 3 is 1.69 bits per heavy atom. The third kappa shape index (κ3) is 3.55. The summed E-state index contributed by atoms with van der Waals surface area (Å²) in [6.45, 7) is 14.7. The van der Waals surface area contributed by atoms with Crippen molar-refractivity contribution < 1.29 is 0 Å². The van der Waals surface area contributed by atoms with Crippen molar-refractivity contribution in [3.63, 3.8) is 0 Å². The number of hydrogen-bond acceptors (Lipinski definition) is 0. The molecule has 0 nitrogen and oxygen atoms in total. The summed E-state index contributed by atoms with van der Waals surface area (Å²) in [6, 6.07) is 4.76. The van der Waals surface area contributed by atoms with Crippen molar-refractivity contribution in [1.82, 2.24) is 0 Å². The summed E-state index contributed by atoms with van der Waals surface area (Å²) < 4.78 is 2.88. The molecule has 0 aromatic heterocycles. The van der Waals surface area contributed by atoms with Gasteiger partial charge < -0.3 is 0 Å². The molecule has 1 aromatic rings. The van der Waals surface area contributed by atoms with Gasteiger partial charge in [0.15, 0.2) is 0 Å². The van der Waals surface area contributed by atoms with E-state index in [2.05, 4.69) is 96.6 Å². The molecule has 0 heterocycles. The molecule has 4 heteroatoms. The highest BCUT2D eigenvalue weighted by atomic mass is 127. The maximum Gasteiger partial charge on any atom is 0.0788 e. The van der Waals surface area contributed by atoms with Crippen LogP contribution in [0.3, 0.4) is 0 Å². The molecule has 0 bridgehead atoms. The summed E-state index contributed by atoms with van der Waals surface area (Å²) >= 11 is 4.98. The molecule has 0 atom stereocenters. The van der Waals surface area contributed by atoms with E-state index in [1.165, 1.54) is 7.14 Å². The van der Waals surface area contributed by atoms with Gasteiger partial charge in [-0.25, -0.2) is 0 Å². The lowest BCUT2D eigenvalue weighted by Gasteiger charge is -2.29. The Balaban J connectivity index is 3.58. The fourth-order valence-electron chi connectivity index (χ4n) is 1.93. The van der Waals surface area contributed by atoms with Crippen molar-refractivity contribution in [2.24, 2.45) is 0 Å². The molecule has 0 aliphatic rings. The minimum absolute atomic E-state index is 1.23. The molecule has 0 aliphatic carbocycles. The quantitative estimate of drug-likeness (QED) is 0.450. The zero-order chi connectivity index (χ0) is 12.7. The summed E-state index contributed by atoms with van der Waals surface area (Å²) in [7, 11) is -2.46. The SMILES string of the molecule is C[Si](C)(C)c1cc(I)cc(I)c1[Si](C)(C)C. The Kier molecular flexibility index (Phi) is 4.75. The van der Waals surface area contributed by atoms with E-state index in [9.17, 15) is 0 Å². The van der Waals surface area contributed by atoms with E-state index in [1.54, 1.807) is 10.4 Å². The van der Waals surface area contributed by atoms with Gasteiger partial charge in [0.25, 0.3) is 0 Å². The molecule has 0 amide bonds. The Hall–Kier alpha value is 1.11. The molecular formula is C12H20I2Si2. The third-order valence-corrected chi connectivity index (χ3v) is 8.89. The van der Waals surface area contributed by atoms with Crippen LogP contribution < -0.4 is 10.4 Å². The normalized spacial score (nSPS) is 13.0. The van der Waals surface area contributed by atoms with E-state index >= 15 is 0 Å². The molecule has 90 valence electrons. The molecule has 0 unspecified atom stereocenters. The van der Waals surface area contributed by atoms with E-state index in [0.717, 1.165) is 0 Å². The van der Waals surface area contributed by atoms with Gasteiger partial charge in [0.2, 0.25) is 0 Å². The van der Waals surface area contributed by atoms with Crippen LogP contribution in [-0.2, 0) is 0 Å². The second-order valence-corrected chi connectivity index (χ2v) is 18.8. The lowest BCUT2D eigenvalue weighted by Crippen LogP contribution is -2.57. The molecular weight excluding hydrogens is 454 g/mol. The van der Waals surface area contributed by atoms with Gasteiger partial charge in [-0.05, 0) is 62.5 Å². The molecule has 1 rings (SSSR count). The van der Waals surface area contributed by atoms with Crippen molar-refractivity contribution in [1.29, 1.82) is 0 Å². The van der Waals surface area contributed by atoms with Crippen LogP contribution in [-0.4, -0.2) is 16.1 Å². The summed E-state index contributed by atoms with van der Waals surface area (Å²) in [5.41, 5.74) is 0. The van der Waals surface area contributed by atoms with Crippen molar-refractivity contribution in [3.8, 4) is 0 Å². The number of rotatable bonds is 2. The molecule has 0 aliphatic heterocycles. The first-order valence-electron chi connectivity index (χ1n) is 5.53. The summed E-state index contributed by atoms with van der Waals surface area (Å²) in [5.74, 6) is 0. The summed E-state index contributed by atoms with van der Waals surface area (Å²) in [6.07, 6.45) is 0. The van der Waals surface area contributed by atoms with Gasteiger partial charge in [0.1, 0.15) is 0 Å². The largest absolute Gasteiger partial charge is 0.0788 e. The first kappa shape index (κ1) is 15.2. The van der Waals surface area contributed by atoms with Gasteiger partial charge in [0, 0.05) is 7.14 Å². The zero-order valence-electron chi connectivity index (χ0n) is 10.9. The van der Waals surface area contributed by atoms with Crippen LogP contribution in [0.1, 0.15) is 0 Å².